The van der Waals surface area contributed by atoms with E-state index in [2.05, 4.69) is 91.5 Å². The molecule has 0 saturated carbocycles. The zero-order valence-electron chi connectivity index (χ0n) is 14.3. The highest BCUT2D eigenvalue weighted by Gasteiger charge is 2.22. The molecule has 0 fully saturated rings. The standard InChI is InChI=1S/C23H18NO/c1-15-7-3-5-9-17(15)22-21-19-12-11-16-8-4-6-10-18(16)23(19)25-20(21)13-14-24(22)2/h3-14H,1-2H3/q+1. The van der Waals surface area contributed by atoms with Gasteiger partial charge in [0.05, 0.1) is 0 Å². The first kappa shape index (κ1) is 14.2. The van der Waals surface area contributed by atoms with Gasteiger partial charge in [-0.25, -0.2) is 4.57 Å². The topological polar surface area (TPSA) is 17.0 Å². The summed E-state index contributed by atoms with van der Waals surface area (Å²) in [6, 6.07) is 23.3. The second kappa shape index (κ2) is 5.18. The number of aromatic nitrogens is 1. The van der Waals surface area contributed by atoms with Crippen LogP contribution in [0.15, 0.2) is 77.3 Å². The van der Waals surface area contributed by atoms with Crippen LogP contribution in [-0.2, 0) is 7.05 Å². The Morgan fingerprint density at radius 3 is 2.48 bits per heavy atom. The van der Waals surface area contributed by atoms with Crippen molar-refractivity contribution in [2.75, 3.05) is 0 Å². The number of rotatable bonds is 1. The lowest BCUT2D eigenvalue weighted by Crippen LogP contribution is -2.30. The highest BCUT2D eigenvalue weighted by Crippen LogP contribution is 2.38. The molecule has 0 saturated heterocycles. The summed E-state index contributed by atoms with van der Waals surface area (Å²) in [5.41, 5.74) is 5.61. The van der Waals surface area contributed by atoms with Crippen LogP contribution in [0.3, 0.4) is 0 Å². The summed E-state index contributed by atoms with van der Waals surface area (Å²) in [5.74, 6) is 0. The van der Waals surface area contributed by atoms with Gasteiger partial charge in [-0.15, -0.1) is 0 Å². The first-order valence-corrected chi connectivity index (χ1v) is 8.52. The van der Waals surface area contributed by atoms with Crippen molar-refractivity contribution >= 4 is 32.7 Å². The monoisotopic (exact) mass is 324 g/mol. The van der Waals surface area contributed by atoms with E-state index in [0.717, 1.165) is 16.6 Å². The predicted octanol–water partition coefficient (Wildman–Crippen LogP) is 5.54. The number of nitrogens with zero attached hydrogens (tertiary/aromatic N) is 1. The largest absolute Gasteiger partial charge is 0.455 e. The number of hydrogen-bond acceptors (Lipinski definition) is 1. The van der Waals surface area contributed by atoms with E-state index in [4.69, 9.17) is 4.42 Å². The summed E-state index contributed by atoms with van der Waals surface area (Å²) >= 11 is 0. The number of benzene rings is 3. The van der Waals surface area contributed by atoms with E-state index in [9.17, 15) is 0 Å². The van der Waals surface area contributed by atoms with Crippen LogP contribution in [0.5, 0.6) is 0 Å². The van der Waals surface area contributed by atoms with Crippen molar-refractivity contribution in [3.63, 3.8) is 0 Å². The fourth-order valence-corrected chi connectivity index (χ4v) is 3.80. The lowest BCUT2D eigenvalue weighted by atomic mass is 9.99. The van der Waals surface area contributed by atoms with Crippen LogP contribution in [0.4, 0.5) is 0 Å². The Kier molecular flexibility index (Phi) is 2.95. The summed E-state index contributed by atoms with van der Waals surface area (Å²) in [6.45, 7) is 2.16. The lowest BCUT2D eigenvalue weighted by molar-refractivity contribution is -0.659. The molecule has 25 heavy (non-hydrogen) atoms. The average Bonchev–Trinajstić information content (AvgIpc) is 3.02. The molecule has 0 spiro atoms. The third kappa shape index (κ3) is 2.01. The van der Waals surface area contributed by atoms with Crippen LogP contribution in [0.1, 0.15) is 5.56 Å². The molecule has 2 heterocycles. The van der Waals surface area contributed by atoms with Gasteiger partial charge in [-0.05, 0) is 30.0 Å². The van der Waals surface area contributed by atoms with E-state index in [0.29, 0.717) is 0 Å². The third-order valence-corrected chi connectivity index (χ3v) is 5.05. The van der Waals surface area contributed by atoms with E-state index in [1.807, 2.05) is 0 Å². The Balaban J connectivity index is 2.00. The van der Waals surface area contributed by atoms with Crippen molar-refractivity contribution in [1.82, 2.24) is 0 Å². The van der Waals surface area contributed by atoms with Crippen molar-refractivity contribution in [3.05, 3.63) is 78.5 Å². The summed E-state index contributed by atoms with van der Waals surface area (Å²) in [4.78, 5) is 0. The lowest BCUT2D eigenvalue weighted by Gasteiger charge is -2.05. The Labute approximate surface area is 145 Å². The molecule has 0 aliphatic heterocycles. The second-order valence-electron chi connectivity index (χ2n) is 6.59. The Bertz CT molecular complexity index is 1260. The molecule has 0 radical (unpaired) electrons. The van der Waals surface area contributed by atoms with Crippen LogP contribution in [0, 0.1) is 6.92 Å². The summed E-state index contributed by atoms with van der Waals surface area (Å²) < 4.78 is 8.50. The molecule has 2 aromatic heterocycles. The average molecular weight is 324 g/mol. The van der Waals surface area contributed by atoms with Crippen LogP contribution in [-0.4, -0.2) is 0 Å². The van der Waals surface area contributed by atoms with Crippen molar-refractivity contribution < 1.29 is 8.98 Å². The first-order chi connectivity index (χ1) is 12.2. The first-order valence-electron chi connectivity index (χ1n) is 8.52. The molecule has 0 unspecified atom stereocenters. The van der Waals surface area contributed by atoms with Gasteiger partial charge in [-0.2, -0.15) is 0 Å². The van der Waals surface area contributed by atoms with Gasteiger partial charge in [0.1, 0.15) is 23.6 Å². The highest BCUT2D eigenvalue weighted by atomic mass is 16.3. The maximum Gasteiger partial charge on any atom is 0.224 e. The summed E-state index contributed by atoms with van der Waals surface area (Å²) in [6.07, 6.45) is 2.08. The van der Waals surface area contributed by atoms with Gasteiger partial charge in [0.25, 0.3) is 0 Å². The minimum atomic E-state index is 0.933. The van der Waals surface area contributed by atoms with Crippen molar-refractivity contribution in [2.45, 2.75) is 6.92 Å². The van der Waals surface area contributed by atoms with Gasteiger partial charge >= 0.3 is 0 Å². The molecular weight excluding hydrogens is 306 g/mol. The number of pyridine rings is 1. The van der Waals surface area contributed by atoms with E-state index in [1.165, 1.54) is 33.0 Å². The Hall–Kier alpha value is -3.13. The second-order valence-corrected chi connectivity index (χ2v) is 6.59. The minimum Gasteiger partial charge on any atom is -0.455 e. The molecule has 3 aromatic carbocycles. The highest BCUT2D eigenvalue weighted by molar-refractivity contribution is 6.17. The van der Waals surface area contributed by atoms with Crippen LogP contribution >= 0.6 is 0 Å². The van der Waals surface area contributed by atoms with Gasteiger partial charge in [-0.1, -0.05) is 48.5 Å². The molecule has 0 aliphatic rings. The van der Waals surface area contributed by atoms with E-state index >= 15 is 0 Å². The molecule has 5 rings (SSSR count). The van der Waals surface area contributed by atoms with E-state index in [1.54, 1.807) is 0 Å². The Morgan fingerprint density at radius 2 is 1.60 bits per heavy atom. The molecule has 120 valence electrons. The third-order valence-electron chi connectivity index (χ3n) is 5.05. The zero-order valence-corrected chi connectivity index (χ0v) is 14.3. The molecule has 0 amide bonds. The normalized spacial score (nSPS) is 11.6. The smallest absolute Gasteiger partial charge is 0.224 e. The maximum atomic E-state index is 6.31. The molecular formula is C23H18NO+. The van der Waals surface area contributed by atoms with Crippen molar-refractivity contribution in [1.29, 1.82) is 0 Å². The molecule has 0 N–H and O–H groups in total. The van der Waals surface area contributed by atoms with E-state index in [-0.39, 0.29) is 0 Å². The molecule has 0 aliphatic carbocycles. The van der Waals surface area contributed by atoms with Crippen molar-refractivity contribution in [3.8, 4) is 11.3 Å². The summed E-state index contributed by atoms with van der Waals surface area (Å²) in [7, 11) is 2.10. The maximum absolute atomic E-state index is 6.31. The van der Waals surface area contributed by atoms with Crippen LogP contribution in [0.2, 0.25) is 0 Å². The van der Waals surface area contributed by atoms with Gasteiger partial charge in [-0.3, -0.25) is 0 Å². The Morgan fingerprint density at radius 1 is 0.800 bits per heavy atom. The zero-order chi connectivity index (χ0) is 17.0. The fraction of sp³-hybridized carbons (Fsp3) is 0.0870. The van der Waals surface area contributed by atoms with Gasteiger partial charge in [0.2, 0.25) is 5.69 Å². The number of furan rings is 1. The molecule has 2 heteroatoms. The van der Waals surface area contributed by atoms with Gasteiger partial charge < -0.3 is 4.42 Å². The predicted molar refractivity (Wildman–Crippen MR) is 103 cm³/mol. The van der Waals surface area contributed by atoms with E-state index < -0.39 is 0 Å². The number of hydrogen-bond donors (Lipinski definition) is 0. The number of aryl methyl sites for hydroxylation is 2. The minimum absolute atomic E-state index is 0.933. The van der Waals surface area contributed by atoms with Gasteiger partial charge in [0.15, 0.2) is 6.20 Å². The SMILES string of the molecule is Cc1ccccc1-c1c2c(cc[n+]1C)oc1c3ccccc3ccc12. The molecule has 0 bridgehead atoms. The molecule has 2 nitrogen and oxygen atoms in total. The van der Waals surface area contributed by atoms with Crippen LogP contribution in [0.25, 0.3) is 44.0 Å². The van der Waals surface area contributed by atoms with Crippen LogP contribution < -0.4 is 4.57 Å². The quantitative estimate of drug-likeness (QED) is 0.370. The molecule has 0 atom stereocenters. The molecule has 5 aromatic rings. The summed E-state index contributed by atoms with van der Waals surface area (Å²) in [5, 5.41) is 4.72. The number of fused-ring (bicyclic) bond motifs is 5. The van der Waals surface area contributed by atoms with Crippen molar-refractivity contribution in [2.24, 2.45) is 7.05 Å². The fourth-order valence-electron chi connectivity index (χ4n) is 3.80. The van der Waals surface area contributed by atoms with Gasteiger partial charge in [0, 0.05) is 22.4 Å².